The van der Waals surface area contributed by atoms with Crippen LogP contribution in [0.5, 0.6) is 5.75 Å². The van der Waals surface area contributed by atoms with Crippen molar-refractivity contribution in [1.29, 1.82) is 0 Å². The Morgan fingerprint density at radius 2 is 2.00 bits per heavy atom. The minimum Gasteiger partial charge on any atom is -0.496 e. The number of hydrazine groups is 3. The molecule has 1 aromatic carbocycles. The molecule has 0 aliphatic carbocycles. The second-order valence-electron chi connectivity index (χ2n) is 7.34. The Balaban J connectivity index is 1.30. The molecule has 11 heteroatoms. The van der Waals surface area contributed by atoms with Crippen LogP contribution in [-0.2, 0) is 6.54 Å². The molecule has 0 radical (unpaired) electrons. The first-order valence-electron chi connectivity index (χ1n) is 10.1. The summed E-state index contributed by atoms with van der Waals surface area (Å²) in [4.78, 5) is 10.9. The molecule has 1 fully saturated rings. The van der Waals surface area contributed by atoms with E-state index in [1.165, 1.54) is 6.07 Å². The second kappa shape index (κ2) is 8.81. The summed E-state index contributed by atoms with van der Waals surface area (Å²) >= 11 is 1.64. The van der Waals surface area contributed by atoms with Crippen LogP contribution >= 0.6 is 11.3 Å². The molecule has 3 aromatic heterocycles. The monoisotopic (exact) mass is 454 g/mol. The van der Waals surface area contributed by atoms with E-state index in [1.54, 1.807) is 30.8 Å². The fourth-order valence-electron chi connectivity index (χ4n) is 3.83. The number of aryl methyl sites for hydroxylation is 1. The lowest BCUT2D eigenvalue weighted by atomic mass is 10.2. The summed E-state index contributed by atoms with van der Waals surface area (Å²) in [5, 5.41) is 4.11. The minimum absolute atomic E-state index is 0.00756. The van der Waals surface area contributed by atoms with Crippen LogP contribution in [0.1, 0.15) is 16.7 Å². The van der Waals surface area contributed by atoms with Crippen molar-refractivity contribution in [3.05, 3.63) is 59.1 Å². The number of methoxy groups -OCH3 is 1. The first kappa shape index (κ1) is 20.8. The Bertz CT molecular complexity index is 1250. The quantitative estimate of drug-likeness (QED) is 0.291. The molecule has 0 bridgehead atoms. The molecule has 166 valence electrons. The molecule has 4 heterocycles. The number of rotatable bonds is 7. The summed E-state index contributed by atoms with van der Waals surface area (Å²) in [5.41, 5.74) is 14.1. The largest absolute Gasteiger partial charge is 0.496 e. The Morgan fingerprint density at radius 3 is 2.81 bits per heavy atom. The predicted octanol–water partition coefficient (Wildman–Crippen LogP) is 2.84. The Labute approximate surface area is 187 Å². The lowest BCUT2D eigenvalue weighted by molar-refractivity contribution is 0.419. The van der Waals surface area contributed by atoms with Crippen LogP contribution in [0.3, 0.4) is 0 Å². The van der Waals surface area contributed by atoms with Crippen molar-refractivity contribution in [1.82, 2.24) is 36.5 Å². The third-order valence-electron chi connectivity index (χ3n) is 5.36. The van der Waals surface area contributed by atoms with Gasteiger partial charge in [0, 0.05) is 35.1 Å². The number of aromatic nitrogens is 3. The summed E-state index contributed by atoms with van der Waals surface area (Å²) in [6, 6.07) is 11.1. The molecule has 0 unspecified atom stereocenters. The van der Waals surface area contributed by atoms with Gasteiger partial charge in [0.05, 0.1) is 23.2 Å². The van der Waals surface area contributed by atoms with Crippen LogP contribution < -0.4 is 32.0 Å². The summed E-state index contributed by atoms with van der Waals surface area (Å²) in [7, 11) is 1.60. The standard InChI is InChI=1S/C21H23FN8OS/c1-12-9-13-16(31-2)4-3-14(22)20(13)30(12)8-7-23-19-10-15(24-11-25-19)17-5-6-18(32-17)21-26-28-29-27-21/h3-6,9-11,21,26-29H,7-8H2,1-2H3,(H,23,24,25). The normalized spacial score (nSPS) is 14.3. The molecule has 0 atom stereocenters. The van der Waals surface area contributed by atoms with Gasteiger partial charge in [-0.15, -0.1) is 11.3 Å². The van der Waals surface area contributed by atoms with Gasteiger partial charge in [-0.3, -0.25) is 0 Å². The topological polar surface area (TPSA) is 100 Å². The summed E-state index contributed by atoms with van der Waals surface area (Å²) in [6.07, 6.45) is 1.54. The van der Waals surface area contributed by atoms with E-state index in [4.69, 9.17) is 4.74 Å². The number of fused-ring (bicyclic) bond motifs is 1. The summed E-state index contributed by atoms with van der Waals surface area (Å²) < 4.78 is 21.9. The number of thiophene rings is 1. The highest BCUT2D eigenvalue weighted by Gasteiger charge is 2.18. The number of nitrogens with one attached hydrogen (secondary N) is 5. The van der Waals surface area contributed by atoms with Gasteiger partial charge in [-0.1, -0.05) is 0 Å². The van der Waals surface area contributed by atoms with Crippen LogP contribution in [0.4, 0.5) is 10.2 Å². The lowest BCUT2D eigenvalue weighted by Crippen LogP contribution is -2.33. The zero-order valence-corrected chi connectivity index (χ0v) is 18.4. The number of hydrogen-bond acceptors (Lipinski definition) is 9. The molecule has 9 nitrogen and oxygen atoms in total. The third kappa shape index (κ3) is 3.92. The van der Waals surface area contributed by atoms with E-state index in [9.17, 15) is 4.39 Å². The van der Waals surface area contributed by atoms with Crippen LogP contribution in [0.15, 0.2) is 42.7 Å². The molecular weight excluding hydrogens is 431 g/mol. The number of hydrogen-bond donors (Lipinski definition) is 5. The van der Waals surface area contributed by atoms with Gasteiger partial charge >= 0.3 is 0 Å². The molecule has 0 saturated carbocycles. The molecule has 5 N–H and O–H groups in total. The van der Waals surface area contributed by atoms with Gasteiger partial charge in [0.1, 0.15) is 29.9 Å². The molecule has 1 aliphatic heterocycles. The summed E-state index contributed by atoms with van der Waals surface area (Å²) in [5.74, 6) is 1.13. The molecule has 32 heavy (non-hydrogen) atoms. The van der Waals surface area contributed by atoms with Gasteiger partial charge in [0.2, 0.25) is 0 Å². The average molecular weight is 455 g/mol. The molecule has 4 aromatic rings. The van der Waals surface area contributed by atoms with E-state index in [0.29, 0.717) is 24.4 Å². The van der Waals surface area contributed by atoms with Crippen molar-refractivity contribution >= 4 is 28.1 Å². The number of nitrogens with zero attached hydrogens (tertiary/aromatic N) is 3. The first-order valence-corrected chi connectivity index (χ1v) is 10.9. The fraction of sp³-hybridized carbons (Fsp3) is 0.238. The van der Waals surface area contributed by atoms with E-state index in [2.05, 4.69) is 43.3 Å². The smallest absolute Gasteiger partial charge is 0.147 e. The van der Waals surface area contributed by atoms with Crippen molar-refractivity contribution < 1.29 is 9.13 Å². The van der Waals surface area contributed by atoms with E-state index in [0.717, 1.165) is 32.3 Å². The molecule has 1 aliphatic rings. The maximum Gasteiger partial charge on any atom is 0.147 e. The molecule has 0 spiro atoms. The molecular formula is C21H23FN8OS. The van der Waals surface area contributed by atoms with E-state index in [1.807, 2.05) is 29.7 Å². The maximum absolute atomic E-state index is 14.5. The van der Waals surface area contributed by atoms with Gasteiger partial charge in [-0.2, -0.15) is 11.1 Å². The number of ether oxygens (including phenoxy) is 1. The highest BCUT2D eigenvalue weighted by Crippen LogP contribution is 2.32. The zero-order chi connectivity index (χ0) is 22.1. The molecule has 1 saturated heterocycles. The fourth-order valence-corrected chi connectivity index (χ4v) is 4.81. The van der Waals surface area contributed by atoms with E-state index >= 15 is 0 Å². The Morgan fingerprint density at radius 1 is 1.16 bits per heavy atom. The highest BCUT2D eigenvalue weighted by atomic mass is 32.1. The van der Waals surface area contributed by atoms with Gasteiger partial charge < -0.3 is 14.6 Å². The van der Waals surface area contributed by atoms with Crippen LogP contribution in [0.25, 0.3) is 21.5 Å². The van der Waals surface area contributed by atoms with E-state index < -0.39 is 0 Å². The van der Waals surface area contributed by atoms with Crippen LogP contribution in [-0.4, -0.2) is 28.2 Å². The summed E-state index contributed by atoms with van der Waals surface area (Å²) in [6.45, 7) is 3.14. The Kier molecular flexibility index (Phi) is 5.72. The SMILES string of the molecule is COc1ccc(F)c2c1cc(C)n2CCNc1cc(-c2ccc(C3NNNN3)s2)ncn1. The van der Waals surface area contributed by atoms with Gasteiger partial charge in [0.15, 0.2) is 0 Å². The van der Waals surface area contributed by atoms with Crippen molar-refractivity contribution in [2.24, 2.45) is 0 Å². The maximum atomic E-state index is 14.5. The number of halogens is 1. The lowest BCUT2D eigenvalue weighted by Gasteiger charge is -2.11. The third-order valence-corrected chi connectivity index (χ3v) is 6.54. The van der Waals surface area contributed by atoms with Gasteiger partial charge in [0.25, 0.3) is 0 Å². The van der Waals surface area contributed by atoms with Gasteiger partial charge in [-0.05, 0) is 37.3 Å². The van der Waals surface area contributed by atoms with Gasteiger partial charge in [-0.25, -0.2) is 25.2 Å². The molecule has 5 rings (SSSR count). The van der Waals surface area contributed by atoms with Crippen molar-refractivity contribution in [2.75, 3.05) is 19.0 Å². The van der Waals surface area contributed by atoms with E-state index in [-0.39, 0.29) is 12.0 Å². The van der Waals surface area contributed by atoms with Crippen LogP contribution in [0, 0.1) is 12.7 Å². The molecule has 0 amide bonds. The second-order valence-corrected chi connectivity index (χ2v) is 8.45. The zero-order valence-electron chi connectivity index (χ0n) is 17.6. The highest BCUT2D eigenvalue weighted by molar-refractivity contribution is 7.15. The number of benzene rings is 1. The number of anilines is 1. The van der Waals surface area contributed by atoms with Crippen molar-refractivity contribution in [3.63, 3.8) is 0 Å². The minimum atomic E-state index is -0.261. The Hall–Kier alpha value is -3.09. The van der Waals surface area contributed by atoms with Crippen molar-refractivity contribution in [3.8, 4) is 16.3 Å². The average Bonchev–Trinajstić information content (AvgIpc) is 3.55. The predicted molar refractivity (Wildman–Crippen MR) is 122 cm³/mol. The van der Waals surface area contributed by atoms with Crippen LogP contribution in [0.2, 0.25) is 0 Å². The first-order chi connectivity index (χ1) is 15.6. The van der Waals surface area contributed by atoms with Crippen molar-refractivity contribution in [2.45, 2.75) is 19.6 Å².